The van der Waals surface area contributed by atoms with Gasteiger partial charge < -0.3 is 24.4 Å². The van der Waals surface area contributed by atoms with Crippen LogP contribution in [-0.2, 0) is 14.2 Å². The predicted octanol–water partition coefficient (Wildman–Crippen LogP) is 7.93. The molecule has 1 heterocycles. The number of nitrogens with one attached hydrogen (secondary N) is 1. The summed E-state index contributed by atoms with van der Waals surface area (Å²) in [4.78, 5) is 46.5. The minimum absolute atomic E-state index is 0.235. The Hall–Kier alpha value is -2.86. The molecule has 42 heavy (non-hydrogen) atoms. The Morgan fingerprint density at radius 3 is 1.98 bits per heavy atom. The first-order valence-electron chi connectivity index (χ1n) is 14.0. The van der Waals surface area contributed by atoms with Crippen LogP contribution in [0.4, 0.5) is 19.5 Å². The average Bonchev–Trinajstić information content (AvgIpc) is 3.34. The molecule has 1 aromatic heterocycles. The van der Waals surface area contributed by atoms with Gasteiger partial charge in [-0.1, -0.05) is 28.1 Å². The maximum Gasteiger partial charge on any atom is 0.416 e. The number of alkyl carbamates (subject to hydrolysis) is 1. The standard InChI is InChI=1S/C30H45BrN4O6S/c1-28(2,3)39-25(36)33-16-10-18-34(26(37)40-29(4,5)6)23(21-11-13-22(31)14-12-21)15-19-35(24-32-17-20-42-24)27(38)41-30(7,8)9/h11-14,17,20,23H,10,15-16,18-19H2,1-9H3,(H,33,36)/t23-/m0/s1. The van der Waals surface area contributed by atoms with Crippen LogP contribution in [0.25, 0.3) is 0 Å². The van der Waals surface area contributed by atoms with Crippen LogP contribution in [0.1, 0.15) is 86.8 Å². The van der Waals surface area contributed by atoms with Crippen LogP contribution in [0, 0.1) is 0 Å². The summed E-state index contributed by atoms with van der Waals surface area (Å²) in [7, 11) is 0. The quantitative estimate of drug-likeness (QED) is 0.202. The molecule has 0 aliphatic rings. The van der Waals surface area contributed by atoms with E-state index >= 15 is 0 Å². The number of carbonyl (C=O) groups excluding carboxylic acids is 3. The topological polar surface area (TPSA) is 110 Å². The summed E-state index contributed by atoms with van der Waals surface area (Å²) in [6.07, 6.45) is 0.927. The van der Waals surface area contributed by atoms with E-state index in [2.05, 4.69) is 26.2 Å². The minimum atomic E-state index is -0.724. The fourth-order valence-electron chi connectivity index (χ4n) is 3.82. The Bertz CT molecular complexity index is 1150. The second-order valence-corrected chi connectivity index (χ2v) is 14.5. The number of halogens is 1. The second kappa shape index (κ2) is 15.0. The van der Waals surface area contributed by atoms with Crippen molar-refractivity contribution in [2.45, 2.75) is 98.0 Å². The van der Waals surface area contributed by atoms with Gasteiger partial charge in [0.1, 0.15) is 16.8 Å². The lowest BCUT2D eigenvalue weighted by Gasteiger charge is -2.35. The molecule has 0 saturated carbocycles. The number of rotatable bonds is 10. The van der Waals surface area contributed by atoms with Gasteiger partial charge in [-0.15, -0.1) is 11.3 Å². The summed E-state index contributed by atoms with van der Waals surface area (Å²) in [5.74, 6) is 0. The van der Waals surface area contributed by atoms with Gasteiger partial charge in [0, 0.05) is 35.7 Å². The van der Waals surface area contributed by atoms with E-state index in [1.165, 1.54) is 16.2 Å². The molecule has 0 radical (unpaired) electrons. The molecule has 0 fully saturated rings. The highest BCUT2D eigenvalue weighted by Gasteiger charge is 2.32. The molecular formula is C30H45BrN4O6S. The molecule has 0 saturated heterocycles. The fraction of sp³-hybridized carbons (Fsp3) is 0.600. The highest BCUT2D eigenvalue weighted by Crippen LogP contribution is 2.30. The zero-order chi connectivity index (χ0) is 31.7. The number of nitrogens with zero attached hydrogens (tertiary/aromatic N) is 3. The zero-order valence-corrected chi connectivity index (χ0v) is 28.6. The van der Waals surface area contributed by atoms with Crippen LogP contribution >= 0.6 is 27.3 Å². The van der Waals surface area contributed by atoms with Crippen LogP contribution < -0.4 is 10.2 Å². The van der Waals surface area contributed by atoms with Crippen molar-refractivity contribution < 1.29 is 28.6 Å². The van der Waals surface area contributed by atoms with E-state index in [0.717, 1.165) is 10.0 Å². The van der Waals surface area contributed by atoms with Gasteiger partial charge in [-0.2, -0.15) is 0 Å². The van der Waals surface area contributed by atoms with Gasteiger partial charge in [-0.05, 0) is 92.9 Å². The molecule has 1 N–H and O–H groups in total. The van der Waals surface area contributed by atoms with Crippen molar-refractivity contribution in [1.82, 2.24) is 15.2 Å². The van der Waals surface area contributed by atoms with Gasteiger partial charge in [-0.3, -0.25) is 4.90 Å². The third-order valence-electron chi connectivity index (χ3n) is 5.39. The van der Waals surface area contributed by atoms with Crippen LogP contribution in [0.15, 0.2) is 40.3 Å². The molecule has 0 aliphatic heterocycles. The maximum absolute atomic E-state index is 13.6. The summed E-state index contributed by atoms with van der Waals surface area (Å²) in [5, 5.41) is 5.05. The SMILES string of the molecule is CC(C)(C)OC(=O)NCCCN(C(=O)OC(C)(C)C)[C@@H](CCN(C(=O)OC(C)(C)C)c1nccs1)c1ccc(Br)cc1. The lowest BCUT2D eigenvalue weighted by atomic mass is 10.0. The largest absolute Gasteiger partial charge is 0.444 e. The zero-order valence-electron chi connectivity index (χ0n) is 26.2. The first-order chi connectivity index (χ1) is 19.3. The highest BCUT2D eigenvalue weighted by atomic mass is 79.9. The average molecular weight is 670 g/mol. The predicted molar refractivity (Wildman–Crippen MR) is 169 cm³/mol. The Labute approximate surface area is 262 Å². The number of ether oxygens (including phenoxy) is 3. The number of benzene rings is 1. The monoisotopic (exact) mass is 668 g/mol. The number of anilines is 1. The number of hydrogen-bond donors (Lipinski definition) is 1. The molecular weight excluding hydrogens is 624 g/mol. The first-order valence-corrected chi connectivity index (χ1v) is 15.6. The molecule has 234 valence electrons. The van der Waals surface area contributed by atoms with Crippen molar-refractivity contribution in [3.05, 3.63) is 45.9 Å². The molecule has 0 aliphatic carbocycles. The number of thiazole rings is 1. The Balaban J connectivity index is 2.36. The van der Waals surface area contributed by atoms with Crippen molar-refractivity contribution in [2.24, 2.45) is 0 Å². The summed E-state index contributed by atoms with van der Waals surface area (Å²) in [6, 6.07) is 7.23. The van der Waals surface area contributed by atoms with Gasteiger partial charge in [0.2, 0.25) is 0 Å². The normalized spacial score (nSPS) is 12.7. The summed E-state index contributed by atoms with van der Waals surface area (Å²) < 4.78 is 17.7. The smallest absolute Gasteiger partial charge is 0.416 e. The van der Waals surface area contributed by atoms with E-state index in [-0.39, 0.29) is 13.1 Å². The molecule has 0 unspecified atom stereocenters. The maximum atomic E-state index is 13.6. The number of amides is 3. The third kappa shape index (κ3) is 13.0. The Kier molecular flexibility index (Phi) is 12.7. The van der Waals surface area contributed by atoms with Crippen molar-refractivity contribution in [3.63, 3.8) is 0 Å². The van der Waals surface area contributed by atoms with E-state index in [9.17, 15) is 14.4 Å². The minimum Gasteiger partial charge on any atom is -0.444 e. The van der Waals surface area contributed by atoms with Gasteiger partial charge in [0.05, 0.1) is 6.04 Å². The van der Waals surface area contributed by atoms with E-state index < -0.39 is 41.1 Å². The number of hydrogen-bond acceptors (Lipinski definition) is 8. The van der Waals surface area contributed by atoms with Crippen molar-refractivity contribution in [3.8, 4) is 0 Å². The molecule has 1 aromatic carbocycles. The number of carbonyl (C=O) groups is 3. The molecule has 2 rings (SSSR count). The van der Waals surface area contributed by atoms with Crippen molar-refractivity contribution in [1.29, 1.82) is 0 Å². The van der Waals surface area contributed by atoms with Crippen LogP contribution in [0.2, 0.25) is 0 Å². The summed E-state index contributed by atoms with van der Waals surface area (Å²) in [6.45, 7) is 17.1. The van der Waals surface area contributed by atoms with Crippen LogP contribution in [0.3, 0.4) is 0 Å². The Morgan fingerprint density at radius 1 is 0.881 bits per heavy atom. The lowest BCUT2D eigenvalue weighted by Crippen LogP contribution is -2.43. The molecule has 1 atom stereocenters. The van der Waals surface area contributed by atoms with Crippen LogP contribution in [0.5, 0.6) is 0 Å². The van der Waals surface area contributed by atoms with E-state index in [4.69, 9.17) is 14.2 Å². The second-order valence-electron chi connectivity index (χ2n) is 12.8. The molecule has 0 spiro atoms. The summed E-state index contributed by atoms with van der Waals surface area (Å²) in [5.41, 5.74) is -1.16. The fourth-order valence-corrected chi connectivity index (χ4v) is 4.74. The molecule has 10 nitrogen and oxygen atoms in total. The molecule has 0 bridgehead atoms. The lowest BCUT2D eigenvalue weighted by molar-refractivity contribution is 0.0147. The van der Waals surface area contributed by atoms with E-state index in [1.807, 2.05) is 65.8 Å². The van der Waals surface area contributed by atoms with Gasteiger partial charge in [0.25, 0.3) is 0 Å². The van der Waals surface area contributed by atoms with E-state index in [1.54, 1.807) is 37.2 Å². The molecule has 3 amide bonds. The van der Waals surface area contributed by atoms with Gasteiger partial charge in [0.15, 0.2) is 5.13 Å². The van der Waals surface area contributed by atoms with E-state index in [0.29, 0.717) is 24.5 Å². The van der Waals surface area contributed by atoms with Crippen LogP contribution in [-0.4, -0.2) is 64.6 Å². The van der Waals surface area contributed by atoms with Crippen molar-refractivity contribution >= 4 is 50.7 Å². The number of aromatic nitrogens is 1. The first kappa shape index (κ1) is 35.3. The highest BCUT2D eigenvalue weighted by molar-refractivity contribution is 9.10. The van der Waals surface area contributed by atoms with Crippen molar-refractivity contribution in [2.75, 3.05) is 24.5 Å². The Morgan fingerprint density at radius 2 is 1.45 bits per heavy atom. The molecule has 2 aromatic rings. The van der Waals surface area contributed by atoms with Gasteiger partial charge in [-0.25, -0.2) is 19.4 Å². The molecule has 12 heteroatoms. The van der Waals surface area contributed by atoms with Gasteiger partial charge >= 0.3 is 18.3 Å². The third-order valence-corrected chi connectivity index (χ3v) is 6.72. The summed E-state index contributed by atoms with van der Waals surface area (Å²) >= 11 is 4.82.